The average Bonchev–Trinajstić information content (AvgIpc) is 2.74. The monoisotopic (exact) mass is 236 g/mol. The zero-order valence-electron chi connectivity index (χ0n) is 10.5. The normalized spacial score (nSPS) is 24.6. The molecule has 0 saturated carbocycles. The highest BCUT2D eigenvalue weighted by Gasteiger charge is 2.27. The molecule has 0 aromatic carbocycles. The summed E-state index contributed by atoms with van der Waals surface area (Å²) in [5, 5.41) is 6.32. The average molecular weight is 236 g/mol. The number of furan rings is 1. The predicted molar refractivity (Wildman–Crippen MR) is 66.0 cm³/mol. The van der Waals surface area contributed by atoms with E-state index in [2.05, 4.69) is 17.6 Å². The summed E-state index contributed by atoms with van der Waals surface area (Å²) in [5.74, 6) is 1.04. The van der Waals surface area contributed by atoms with Crippen LogP contribution >= 0.6 is 0 Å². The van der Waals surface area contributed by atoms with E-state index in [0.29, 0.717) is 12.3 Å². The van der Waals surface area contributed by atoms with E-state index in [1.54, 1.807) is 12.1 Å². The Bertz CT molecular complexity index is 392. The van der Waals surface area contributed by atoms with Gasteiger partial charge in [0, 0.05) is 13.1 Å². The van der Waals surface area contributed by atoms with Gasteiger partial charge in [0.2, 0.25) is 0 Å². The Morgan fingerprint density at radius 2 is 2.41 bits per heavy atom. The molecule has 0 bridgehead atoms. The third-order valence-electron chi connectivity index (χ3n) is 3.33. The molecule has 0 radical (unpaired) electrons. The van der Waals surface area contributed by atoms with Crippen molar-refractivity contribution in [3.05, 3.63) is 23.7 Å². The molecule has 1 aliphatic heterocycles. The number of carbonyl (C=O) groups is 1. The molecule has 4 nitrogen and oxygen atoms in total. The van der Waals surface area contributed by atoms with E-state index in [4.69, 9.17) is 4.42 Å². The Balaban J connectivity index is 1.87. The predicted octanol–water partition coefficient (Wildman–Crippen LogP) is 1.71. The second-order valence-corrected chi connectivity index (χ2v) is 5.18. The number of rotatable bonds is 3. The molecular formula is C13H20N2O2. The van der Waals surface area contributed by atoms with Crippen LogP contribution in [0.2, 0.25) is 0 Å². The van der Waals surface area contributed by atoms with Crippen LogP contribution in [0, 0.1) is 12.3 Å². The maximum Gasteiger partial charge on any atom is 0.287 e. The highest BCUT2D eigenvalue weighted by molar-refractivity contribution is 5.91. The third kappa shape index (κ3) is 3.09. The molecule has 1 aromatic rings. The summed E-state index contributed by atoms with van der Waals surface area (Å²) in [6.07, 6.45) is 2.32. The second-order valence-electron chi connectivity index (χ2n) is 5.18. The lowest BCUT2D eigenvalue weighted by Gasteiger charge is -2.34. The van der Waals surface area contributed by atoms with Crippen LogP contribution in [0.3, 0.4) is 0 Å². The highest BCUT2D eigenvalue weighted by Crippen LogP contribution is 2.24. The Kier molecular flexibility index (Phi) is 3.52. The zero-order chi connectivity index (χ0) is 12.3. The number of hydrogen-bond donors (Lipinski definition) is 2. The number of piperidine rings is 1. The van der Waals surface area contributed by atoms with Crippen molar-refractivity contribution in [3.63, 3.8) is 0 Å². The van der Waals surface area contributed by atoms with Crippen molar-refractivity contribution in [2.75, 3.05) is 19.6 Å². The molecule has 94 valence electrons. The summed E-state index contributed by atoms with van der Waals surface area (Å²) in [5.41, 5.74) is 0.162. The fourth-order valence-electron chi connectivity index (χ4n) is 2.21. The summed E-state index contributed by atoms with van der Waals surface area (Å²) in [4.78, 5) is 11.8. The first-order valence-corrected chi connectivity index (χ1v) is 6.14. The molecule has 1 amide bonds. The summed E-state index contributed by atoms with van der Waals surface area (Å²) in [6, 6.07) is 3.52. The lowest BCUT2D eigenvalue weighted by Crippen LogP contribution is -2.45. The third-order valence-corrected chi connectivity index (χ3v) is 3.33. The molecule has 1 fully saturated rings. The molecule has 1 aliphatic rings. The summed E-state index contributed by atoms with van der Waals surface area (Å²) in [6.45, 7) is 6.78. The maximum atomic E-state index is 11.8. The maximum absolute atomic E-state index is 11.8. The number of nitrogens with one attached hydrogen (secondary N) is 2. The van der Waals surface area contributed by atoms with E-state index in [1.165, 1.54) is 6.42 Å². The molecule has 1 aromatic heterocycles. The lowest BCUT2D eigenvalue weighted by molar-refractivity contribution is 0.0895. The van der Waals surface area contributed by atoms with E-state index >= 15 is 0 Å². The van der Waals surface area contributed by atoms with E-state index in [0.717, 1.165) is 25.3 Å². The molecule has 17 heavy (non-hydrogen) atoms. The van der Waals surface area contributed by atoms with Crippen LogP contribution in [0.25, 0.3) is 0 Å². The van der Waals surface area contributed by atoms with Crippen LogP contribution in [-0.4, -0.2) is 25.5 Å². The molecule has 0 spiro atoms. The quantitative estimate of drug-likeness (QED) is 0.840. The van der Waals surface area contributed by atoms with Crippen LogP contribution in [0.4, 0.5) is 0 Å². The molecule has 2 rings (SSSR count). The Morgan fingerprint density at radius 3 is 3.00 bits per heavy atom. The van der Waals surface area contributed by atoms with Crippen molar-refractivity contribution in [1.29, 1.82) is 0 Å². The number of aryl methyl sites for hydroxylation is 1. The molecule has 1 saturated heterocycles. The second kappa shape index (κ2) is 4.92. The van der Waals surface area contributed by atoms with Gasteiger partial charge in [-0.05, 0) is 43.9 Å². The standard InChI is InChI=1S/C13H20N2O2/c1-10-4-5-11(17-10)12(16)15-9-13(2)6-3-7-14-8-13/h4-5,14H,3,6-9H2,1-2H3,(H,15,16). The molecule has 2 heterocycles. The van der Waals surface area contributed by atoms with Crippen molar-refractivity contribution in [3.8, 4) is 0 Å². The fourth-order valence-corrected chi connectivity index (χ4v) is 2.21. The topological polar surface area (TPSA) is 54.3 Å². The van der Waals surface area contributed by atoms with Crippen molar-refractivity contribution in [2.24, 2.45) is 5.41 Å². The molecule has 1 atom stereocenters. The number of amides is 1. The van der Waals surface area contributed by atoms with Crippen LogP contribution in [0.15, 0.2) is 16.5 Å². The lowest BCUT2D eigenvalue weighted by atomic mass is 9.83. The van der Waals surface area contributed by atoms with Crippen molar-refractivity contribution in [1.82, 2.24) is 10.6 Å². The Morgan fingerprint density at radius 1 is 1.59 bits per heavy atom. The van der Waals surface area contributed by atoms with Gasteiger partial charge in [0.15, 0.2) is 5.76 Å². The first-order valence-electron chi connectivity index (χ1n) is 6.14. The molecule has 1 unspecified atom stereocenters. The van der Waals surface area contributed by atoms with Crippen molar-refractivity contribution in [2.45, 2.75) is 26.7 Å². The number of carbonyl (C=O) groups excluding carboxylic acids is 1. The Hall–Kier alpha value is -1.29. The van der Waals surface area contributed by atoms with Gasteiger partial charge in [-0.25, -0.2) is 0 Å². The first-order chi connectivity index (χ1) is 8.09. The van der Waals surface area contributed by atoms with E-state index in [9.17, 15) is 4.79 Å². The highest BCUT2D eigenvalue weighted by atomic mass is 16.3. The van der Waals surface area contributed by atoms with Gasteiger partial charge in [0.05, 0.1) is 0 Å². The van der Waals surface area contributed by atoms with Crippen molar-refractivity contribution >= 4 is 5.91 Å². The van der Waals surface area contributed by atoms with Crippen LogP contribution in [-0.2, 0) is 0 Å². The molecule has 2 N–H and O–H groups in total. The first kappa shape index (κ1) is 12.2. The smallest absolute Gasteiger partial charge is 0.287 e. The van der Waals surface area contributed by atoms with Gasteiger partial charge in [-0.2, -0.15) is 0 Å². The van der Waals surface area contributed by atoms with Gasteiger partial charge in [-0.1, -0.05) is 6.92 Å². The summed E-state index contributed by atoms with van der Waals surface area (Å²) >= 11 is 0. The Labute approximate surface area is 102 Å². The number of hydrogen-bond acceptors (Lipinski definition) is 3. The van der Waals surface area contributed by atoms with E-state index in [-0.39, 0.29) is 11.3 Å². The SMILES string of the molecule is Cc1ccc(C(=O)NCC2(C)CCCNC2)o1. The van der Waals surface area contributed by atoms with Gasteiger partial charge in [-0.3, -0.25) is 4.79 Å². The van der Waals surface area contributed by atoms with Gasteiger partial charge < -0.3 is 15.1 Å². The minimum absolute atomic E-state index is 0.120. The molecule has 0 aliphatic carbocycles. The van der Waals surface area contributed by atoms with Gasteiger partial charge in [0.25, 0.3) is 5.91 Å². The van der Waals surface area contributed by atoms with E-state index in [1.807, 2.05) is 6.92 Å². The van der Waals surface area contributed by atoms with Crippen LogP contribution in [0.5, 0.6) is 0 Å². The summed E-state index contributed by atoms with van der Waals surface area (Å²) < 4.78 is 5.29. The van der Waals surface area contributed by atoms with Crippen molar-refractivity contribution < 1.29 is 9.21 Å². The van der Waals surface area contributed by atoms with Gasteiger partial charge in [0.1, 0.15) is 5.76 Å². The zero-order valence-corrected chi connectivity index (χ0v) is 10.5. The van der Waals surface area contributed by atoms with Crippen LogP contribution < -0.4 is 10.6 Å². The van der Waals surface area contributed by atoms with Gasteiger partial charge >= 0.3 is 0 Å². The van der Waals surface area contributed by atoms with Gasteiger partial charge in [-0.15, -0.1) is 0 Å². The van der Waals surface area contributed by atoms with Crippen LogP contribution in [0.1, 0.15) is 36.1 Å². The molecular weight excluding hydrogens is 216 g/mol. The minimum Gasteiger partial charge on any atom is -0.456 e. The molecule has 4 heteroatoms. The minimum atomic E-state index is -0.120. The largest absolute Gasteiger partial charge is 0.456 e. The van der Waals surface area contributed by atoms with E-state index < -0.39 is 0 Å². The summed E-state index contributed by atoms with van der Waals surface area (Å²) in [7, 11) is 0. The fraction of sp³-hybridized carbons (Fsp3) is 0.615.